The van der Waals surface area contributed by atoms with Crippen LogP contribution in [-0.4, -0.2) is 29.7 Å². The van der Waals surface area contributed by atoms with Crippen LogP contribution in [0.3, 0.4) is 0 Å². The summed E-state index contributed by atoms with van der Waals surface area (Å²) in [6.45, 7) is 0.613. The number of carbonyl (C=O) groups is 2. The quantitative estimate of drug-likeness (QED) is 0.353. The molecule has 2 aromatic rings. The summed E-state index contributed by atoms with van der Waals surface area (Å²) in [5, 5.41) is 2.63. The van der Waals surface area contributed by atoms with E-state index in [0.29, 0.717) is 24.9 Å². The van der Waals surface area contributed by atoms with Crippen molar-refractivity contribution in [1.82, 2.24) is 5.32 Å². The van der Waals surface area contributed by atoms with Crippen LogP contribution in [0.2, 0.25) is 0 Å². The highest BCUT2D eigenvalue weighted by Crippen LogP contribution is 2.08. The molecule has 2 aromatic carbocycles. The largest absolute Gasteiger partial charge is 0.445 e. The number of nitrogens with one attached hydrogen (secondary N) is 1. The second kappa shape index (κ2) is 13.7. The number of benzene rings is 2. The van der Waals surface area contributed by atoms with Gasteiger partial charge in [-0.1, -0.05) is 60.7 Å². The monoisotopic (exact) mass is 436 g/mol. The lowest BCUT2D eigenvalue weighted by atomic mass is 10.1. The van der Waals surface area contributed by atoms with Gasteiger partial charge in [-0.15, -0.1) is 12.4 Å². The topological polar surface area (TPSA) is 90.6 Å². The molecule has 2 rings (SSSR count). The number of esters is 1. The van der Waals surface area contributed by atoms with Gasteiger partial charge in [0, 0.05) is 5.56 Å². The molecule has 0 fully saturated rings. The van der Waals surface area contributed by atoms with E-state index in [2.05, 4.69) is 5.32 Å². The highest BCUT2D eigenvalue weighted by Gasteiger charge is 2.24. The molecular weight excluding hydrogens is 412 g/mol. The Balaban J connectivity index is 0.00000420. The van der Waals surface area contributed by atoms with Crippen LogP contribution in [0, 0.1) is 0 Å². The average Bonchev–Trinajstić information content (AvgIpc) is 2.73. The molecule has 0 bridgehead atoms. The standard InChI is InChI=1S/C21H24N2O4S.ClH/c22-14-8-7-13-18(19(24)27-20(28)17-11-5-2-6-12-17)23-21(25)26-15-16-9-3-1-4-10-16;/h1-6,9-12,18H,7-8,13-15,22H2,(H,23,25);1H/t18-;/m0./s1. The van der Waals surface area contributed by atoms with Gasteiger partial charge in [0.1, 0.15) is 12.6 Å². The Labute approximate surface area is 182 Å². The van der Waals surface area contributed by atoms with Crippen LogP contribution in [0.25, 0.3) is 0 Å². The Morgan fingerprint density at radius 2 is 1.62 bits per heavy atom. The third-order valence-electron chi connectivity index (χ3n) is 3.94. The van der Waals surface area contributed by atoms with Gasteiger partial charge in [0.05, 0.1) is 0 Å². The average molecular weight is 437 g/mol. The molecule has 0 saturated carbocycles. The second-order valence-corrected chi connectivity index (χ2v) is 6.49. The summed E-state index contributed by atoms with van der Waals surface area (Å²) in [5.74, 6) is -0.623. The minimum atomic E-state index is -0.864. The minimum absolute atomic E-state index is 0. The smallest absolute Gasteiger partial charge is 0.408 e. The summed E-state index contributed by atoms with van der Waals surface area (Å²) in [7, 11) is 0. The molecule has 29 heavy (non-hydrogen) atoms. The Morgan fingerprint density at radius 3 is 2.24 bits per heavy atom. The number of unbranched alkanes of at least 4 members (excludes halogenated alkanes) is 1. The first-order valence-corrected chi connectivity index (χ1v) is 9.49. The fraction of sp³-hybridized carbons (Fsp3) is 0.286. The van der Waals surface area contributed by atoms with Crippen molar-refractivity contribution in [2.24, 2.45) is 5.73 Å². The van der Waals surface area contributed by atoms with Crippen molar-refractivity contribution in [3.05, 3.63) is 71.8 Å². The number of ether oxygens (including phenoxy) is 2. The van der Waals surface area contributed by atoms with Gasteiger partial charge < -0.3 is 20.5 Å². The van der Waals surface area contributed by atoms with Crippen LogP contribution in [0.1, 0.15) is 30.4 Å². The third kappa shape index (κ3) is 9.04. The van der Waals surface area contributed by atoms with Crippen LogP contribution in [0.5, 0.6) is 0 Å². The molecule has 1 atom stereocenters. The maximum atomic E-state index is 12.5. The molecule has 3 N–H and O–H groups in total. The van der Waals surface area contributed by atoms with Gasteiger partial charge in [-0.25, -0.2) is 9.59 Å². The molecular formula is C21H25ClN2O4S. The van der Waals surface area contributed by atoms with Crippen molar-refractivity contribution in [2.75, 3.05) is 6.54 Å². The van der Waals surface area contributed by atoms with Crippen molar-refractivity contribution in [3.8, 4) is 0 Å². The summed E-state index contributed by atoms with van der Waals surface area (Å²) in [5.41, 5.74) is 6.99. The highest BCUT2D eigenvalue weighted by atomic mass is 35.5. The lowest BCUT2D eigenvalue weighted by molar-refractivity contribution is -0.137. The Kier molecular flexibility index (Phi) is 11.6. The van der Waals surface area contributed by atoms with Crippen molar-refractivity contribution in [3.63, 3.8) is 0 Å². The highest BCUT2D eigenvalue weighted by molar-refractivity contribution is 7.80. The second-order valence-electron chi connectivity index (χ2n) is 6.12. The van der Waals surface area contributed by atoms with Crippen LogP contribution >= 0.6 is 24.6 Å². The molecule has 0 heterocycles. The van der Waals surface area contributed by atoms with E-state index in [1.807, 2.05) is 36.4 Å². The molecule has 0 aliphatic rings. The van der Waals surface area contributed by atoms with Crippen molar-refractivity contribution in [2.45, 2.75) is 31.9 Å². The summed E-state index contributed by atoms with van der Waals surface area (Å²) < 4.78 is 10.5. The van der Waals surface area contributed by atoms with Crippen molar-refractivity contribution >= 4 is 41.7 Å². The van der Waals surface area contributed by atoms with E-state index in [1.54, 1.807) is 24.3 Å². The fourth-order valence-corrected chi connectivity index (χ4v) is 2.66. The molecule has 0 aromatic heterocycles. The first kappa shape index (κ1) is 24.6. The Bertz CT molecular complexity index is 775. The summed E-state index contributed by atoms with van der Waals surface area (Å²) >= 11 is 5.17. The first-order valence-electron chi connectivity index (χ1n) is 9.08. The molecule has 6 nitrogen and oxygen atoms in total. The van der Waals surface area contributed by atoms with Crippen LogP contribution < -0.4 is 11.1 Å². The first-order chi connectivity index (χ1) is 13.6. The summed E-state index contributed by atoms with van der Waals surface area (Å²) in [6, 6.07) is 17.4. The van der Waals surface area contributed by atoms with E-state index >= 15 is 0 Å². The van der Waals surface area contributed by atoms with Crippen molar-refractivity contribution in [1.29, 1.82) is 0 Å². The van der Waals surface area contributed by atoms with Gasteiger partial charge in [0.15, 0.2) is 0 Å². The molecule has 0 radical (unpaired) electrons. The maximum absolute atomic E-state index is 12.5. The van der Waals surface area contributed by atoms with E-state index in [1.165, 1.54) is 0 Å². The normalized spacial score (nSPS) is 10.9. The molecule has 156 valence electrons. The number of nitrogens with two attached hydrogens (primary N) is 1. The number of alkyl carbamates (subject to hydrolysis) is 1. The zero-order valence-corrected chi connectivity index (χ0v) is 17.5. The molecule has 0 aliphatic carbocycles. The van der Waals surface area contributed by atoms with Gasteiger partial charge in [-0.2, -0.15) is 0 Å². The van der Waals surface area contributed by atoms with E-state index in [0.717, 1.165) is 12.0 Å². The van der Waals surface area contributed by atoms with Crippen LogP contribution in [-0.2, 0) is 20.9 Å². The fourth-order valence-electron chi connectivity index (χ4n) is 2.44. The van der Waals surface area contributed by atoms with Gasteiger partial charge >= 0.3 is 12.1 Å². The number of rotatable bonds is 9. The number of halogens is 1. The van der Waals surface area contributed by atoms with E-state index in [-0.39, 0.29) is 24.1 Å². The molecule has 0 spiro atoms. The minimum Gasteiger partial charge on any atom is -0.445 e. The number of hydrogen-bond donors (Lipinski definition) is 2. The summed E-state index contributed by atoms with van der Waals surface area (Å²) in [4.78, 5) is 24.6. The lowest BCUT2D eigenvalue weighted by Crippen LogP contribution is -2.42. The zero-order valence-electron chi connectivity index (χ0n) is 15.9. The van der Waals surface area contributed by atoms with E-state index in [9.17, 15) is 9.59 Å². The molecule has 8 heteroatoms. The predicted octanol–water partition coefficient (Wildman–Crippen LogP) is 3.75. The third-order valence-corrected chi connectivity index (χ3v) is 4.26. The van der Waals surface area contributed by atoms with Crippen molar-refractivity contribution < 1.29 is 19.1 Å². The molecule has 0 aliphatic heterocycles. The summed E-state index contributed by atoms with van der Waals surface area (Å²) in [6.07, 6.45) is 1.08. The van der Waals surface area contributed by atoms with Crippen LogP contribution in [0.15, 0.2) is 60.7 Å². The predicted molar refractivity (Wildman–Crippen MR) is 118 cm³/mol. The molecule has 1 amide bonds. The molecule has 0 saturated heterocycles. The number of thiocarbonyl (C=S) groups is 1. The lowest BCUT2D eigenvalue weighted by Gasteiger charge is -2.17. The SMILES string of the molecule is Cl.NCCCC[C@H](NC(=O)OCc1ccccc1)C(=O)OC(=S)c1ccccc1. The van der Waals surface area contributed by atoms with Gasteiger partial charge in [-0.3, -0.25) is 0 Å². The van der Waals surface area contributed by atoms with Crippen LogP contribution in [0.4, 0.5) is 4.79 Å². The van der Waals surface area contributed by atoms with Gasteiger partial charge in [0.25, 0.3) is 0 Å². The van der Waals surface area contributed by atoms with Gasteiger partial charge in [-0.05, 0) is 43.6 Å². The Morgan fingerprint density at radius 1 is 1.00 bits per heavy atom. The zero-order chi connectivity index (χ0) is 20.2. The Hall–Kier alpha value is -2.48. The van der Waals surface area contributed by atoms with Gasteiger partial charge in [0.2, 0.25) is 5.05 Å². The number of amides is 1. The number of carbonyl (C=O) groups excluding carboxylic acids is 2. The van der Waals surface area contributed by atoms with E-state index in [4.69, 9.17) is 27.4 Å². The van der Waals surface area contributed by atoms with E-state index < -0.39 is 18.1 Å². The number of hydrogen-bond acceptors (Lipinski definition) is 6. The molecule has 0 unspecified atom stereocenters. The maximum Gasteiger partial charge on any atom is 0.408 e.